The number of aromatic nitrogens is 2. The van der Waals surface area contributed by atoms with E-state index >= 15 is 0 Å². The number of halogens is 1. The monoisotopic (exact) mass is 488 g/mol. The Kier molecular flexibility index (Phi) is 7.26. The van der Waals surface area contributed by atoms with Crippen LogP contribution in [-0.2, 0) is 0 Å². The summed E-state index contributed by atoms with van der Waals surface area (Å²) in [5.74, 6) is 1.05. The number of piperidine rings is 1. The molecule has 10 heteroatoms. The number of thioether (sulfide) groups is 1. The second-order valence-corrected chi connectivity index (χ2v) is 10.0. The SMILES string of the molecule is COc1ccc2nc(C)nc(SCC(=O)c3ccc(C(=O)N[C@H]4CCN(C)C[C@@H]4F)s3)c2c1. The molecular formula is C23H25FN4O3S2. The van der Waals surface area contributed by atoms with Crippen LogP contribution in [0.15, 0.2) is 35.4 Å². The number of rotatable bonds is 7. The Balaban J connectivity index is 1.42. The minimum absolute atomic E-state index is 0.0981. The lowest BCUT2D eigenvalue weighted by atomic mass is 10.0. The van der Waals surface area contributed by atoms with E-state index in [1.54, 1.807) is 19.2 Å². The fourth-order valence-corrected chi connectivity index (χ4v) is 5.58. The van der Waals surface area contributed by atoms with E-state index in [1.807, 2.05) is 37.1 Å². The molecule has 1 N–H and O–H groups in total. The van der Waals surface area contributed by atoms with Crippen molar-refractivity contribution in [2.45, 2.75) is 30.6 Å². The number of carbonyl (C=O) groups is 2. The average molecular weight is 489 g/mol. The zero-order valence-electron chi connectivity index (χ0n) is 18.6. The van der Waals surface area contributed by atoms with Gasteiger partial charge in [-0.2, -0.15) is 0 Å². The van der Waals surface area contributed by atoms with Crippen molar-refractivity contribution in [3.05, 3.63) is 45.9 Å². The van der Waals surface area contributed by atoms with E-state index in [4.69, 9.17) is 4.74 Å². The van der Waals surface area contributed by atoms with E-state index < -0.39 is 12.2 Å². The van der Waals surface area contributed by atoms with Crippen molar-refractivity contribution in [1.82, 2.24) is 20.2 Å². The van der Waals surface area contributed by atoms with Gasteiger partial charge >= 0.3 is 0 Å². The van der Waals surface area contributed by atoms with Gasteiger partial charge in [0.05, 0.1) is 34.2 Å². The summed E-state index contributed by atoms with van der Waals surface area (Å²) in [6.07, 6.45) is -0.538. The van der Waals surface area contributed by atoms with Crippen LogP contribution < -0.4 is 10.1 Å². The van der Waals surface area contributed by atoms with Crippen molar-refractivity contribution >= 4 is 45.7 Å². The number of amides is 1. The number of nitrogens with one attached hydrogen (secondary N) is 1. The molecule has 0 unspecified atom stereocenters. The fraction of sp³-hybridized carbons (Fsp3) is 0.391. The van der Waals surface area contributed by atoms with Crippen molar-refractivity contribution < 1.29 is 18.7 Å². The third-order valence-electron chi connectivity index (χ3n) is 5.49. The van der Waals surface area contributed by atoms with Crippen molar-refractivity contribution in [2.75, 3.05) is 33.0 Å². The highest BCUT2D eigenvalue weighted by molar-refractivity contribution is 8.00. The number of carbonyl (C=O) groups excluding carboxylic acids is 2. The predicted octanol–water partition coefficient (Wildman–Crippen LogP) is 3.76. The number of alkyl halides is 1. The lowest BCUT2D eigenvalue weighted by molar-refractivity contribution is 0.0825. The molecule has 1 fully saturated rings. The molecule has 0 spiro atoms. The Bertz CT molecular complexity index is 1190. The number of hydrogen-bond acceptors (Lipinski definition) is 8. The molecule has 0 radical (unpaired) electrons. The number of likely N-dealkylation sites (tertiary alicyclic amines) is 1. The van der Waals surface area contributed by atoms with Crippen LogP contribution >= 0.6 is 23.1 Å². The zero-order chi connectivity index (χ0) is 23.5. The van der Waals surface area contributed by atoms with Gasteiger partial charge in [-0.05, 0) is 50.7 Å². The number of aryl methyl sites for hydroxylation is 1. The highest BCUT2D eigenvalue weighted by Gasteiger charge is 2.29. The molecule has 1 aromatic carbocycles. The van der Waals surface area contributed by atoms with Gasteiger partial charge in [0.25, 0.3) is 5.91 Å². The van der Waals surface area contributed by atoms with E-state index in [0.717, 1.165) is 28.8 Å². The predicted molar refractivity (Wildman–Crippen MR) is 128 cm³/mol. The van der Waals surface area contributed by atoms with Gasteiger partial charge in [-0.3, -0.25) is 9.59 Å². The molecule has 7 nitrogen and oxygen atoms in total. The molecule has 1 aliphatic rings. The summed E-state index contributed by atoms with van der Waals surface area (Å²) in [6, 6.07) is 8.33. The molecule has 3 aromatic rings. The average Bonchev–Trinajstić information content (AvgIpc) is 3.29. The third-order valence-corrected chi connectivity index (χ3v) is 7.60. The summed E-state index contributed by atoms with van der Waals surface area (Å²) in [7, 11) is 3.46. The second kappa shape index (κ2) is 10.1. The molecule has 33 heavy (non-hydrogen) atoms. The Morgan fingerprint density at radius 2 is 2.06 bits per heavy atom. The van der Waals surface area contributed by atoms with Crippen molar-refractivity contribution in [3.63, 3.8) is 0 Å². The first-order valence-corrected chi connectivity index (χ1v) is 12.4. The van der Waals surface area contributed by atoms with Gasteiger partial charge < -0.3 is 15.0 Å². The largest absolute Gasteiger partial charge is 0.497 e. The Hall–Kier alpha value is -2.56. The normalized spacial score (nSPS) is 18.9. The lowest BCUT2D eigenvalue weighted by Gasteiger charge is -2.32. The number of ketones is 1. The number of methoxy groups -OCH3 is 1. The number of hydrogen-bond donors (Lipinski definition) is 1. The van der Waals surface area contributed by atoms with Crippen LogP contribution in [0.1, 0.15) is 31.6 Å². The molecule has 2 atom stereocenters. The van der Waals surface area contributed by atoms with E-state index in [-0.39, 0.29) is 17.4 Å². The summed E-state index contributed by atoms with van der Waals surface area (Å²) in [5.41, 5.74) is 0.786. The van der Waals surface area contributed by atoms with Gasteiger partial charge in [0.1, 0.15) is 22.8 Å². The van der Waals surface area contributed by atoms with E-state index in [2.05, 4.69) is 15.3 Å². The molecule has 3 heterocycles. The van der Waals surface area contributed by atoms with Crippen LogP contribution in [0.3, 0.4) is 0 Å². The topological polar surface area (TPSA) is 84.4 Å². The highest BCUT2D eigenvalue weighted by atomic mass is 32.2. The Labute approximate surface area is 199 Å². The van der Waals surface area contributed by atoms with Gasteiger partial charge in [0.2, 0.25) is 0 Å². The van der Waals surface area contributed by atoms with Crippen molar-refractivity contribution in [3.8, 4) is 5.75 Å². The highest BCUT2D eigenvalue weighted by Crippen LogP contribution is 2.30. The number of nitrogens with zero attached hydrogens (tertiary/aromatic N) is 3. The standard InChI is InChI=1S/C23H25FN4O3S2/c1-13-25-17-5-4-14(31-3)10-15(17)23(26-13)32-12-19(29)20-6-7-21(33-20)22(30)27-18-8-9-28(2)11-16(18)24/h4-7,10,16,18H,8-9,11-12H2,1-3H3,(H,27,30)/t16-,18-/m0/s1. The summed E-state index contributed by atoms with van der Waals surface area (Å²) >= 11 is 2.46. The smallest absolute Gasteiger partial charge is 0.261 e. The number of thiophene rings is 1. The number of ether oxygens (including phenoxy) is 1. The van der Waals surface area contributed by atoms with Crippen LogP contribution in [0, 0.1) is 6.92 Å². The number of fused-ring (bicyclic) bond motifs is 1. The van der Waals surface area contributed by atoms with Gasteiger partial charge in [0.15, 0.2) is 5.78 Å². The first-order chi connectivity index (χ1) is 15.8. The van der Waals surface area contributed by atoms with Crippen LogP contribution in [0.4, 0.5) is 4.39 Å². The van der Waals surface area contributed by atoms with Gasteiger partial charge in [-0.15, -0.1) is 11.3 Å². The third kappa shape index (κ3) is 5.51. The molecule has 0 aliphatic carbocycles. The maximum atomic E-state index is 14.2. The molecular weight excluding hydrogens is 463 g/mol. The fourth-order valence-electron chi connectivity index (χ4n) is 3.70. The van der Waals surface area contributed by atoms with E-state index in [1.165, 1.54) is 11.8 Å². The quantitative estimate of drug-likeness (QED) is 0.308. The van der Waals surface area contributed by atoms with E-state index in [0.29, 0.717) is 39.3 Å². The first kappa shape index (κ1) is 23.6. The van der Waals surface area contributed by atoms with Gasteiger partial charge in [-0.25, -0.2) is 14.4 Å². The first-order valence-electron chi connectivity index (χ1n) is 10.6. The molecule has 1 amide bonds. The van der Waals surface area contributed by atoms with Crippen LogP contribution in [-0.4, -0.2) is 71.8 Å². The molecule has 1 saturated heterocycles. The number of benzene rings is 1. The maximum Gasteiger partial charge on any atom is 0.261 e. The second-order valence-electron chi connectivity index (χ2n) is 7.98. The number of Topliss-reactive ketones (excluding diaryl/α,β-unsaturated/α-hetero) is 1. The van der Waals surface area contributed by atoms with Crippen molar-refractivity contribution in [1.29, 1.82) is 0 Å². The molecule has 174 valence electrons. The van der Waals surface area contributed by atoms with Crippen LogP contribution in [0.25, 0.3) is 10.9 Å². The maximum absolute atomic E-state index is 14.2. The van der Waals surface area contributed by atoms with Crippen LogP contribution in [0.5, 0.6) is 5.75 Å². The molecule has 1 aliphatic heterocycles. The van der Waals surface area contributed by atoms with Crippen molar-refractivity contribution in [2.24, 2.45) is 0 Å². The minimum Gasteiger partial charge on any atom is -0.497 e. The zero-order valence-corrected chi connectivity index (χ0v) is 20.3. The Morgan fingerprint density at radius 1 is 1.27 bits per heavy atom. The lowest BCUT2D eigenvalue weighted by Crippen LogP contribution is -2.51. The summed E-state index contributed by atoms with van der Waals surface area (Å²) in [4.78, 5) is 37.1. The summed E-state index contributed by atoms with van der Waals surface area (Å²) < 4.78 is 19.5. The van der Waals surface area contributed by atoms with Gasteiger partial charge in [0, 0.05) is 18.5 Å². The van der Waals surface area contributed by atoms with Crippen LogP contribution in [0.2, 0.25) is 0 Å². The summed E-state index contributed by atoms with van der Waals surface area (Å²) in [5, 5.41) is 4.30. The Morgan fingerprint density at radius 3 is 2.82 bits per heavy atom. The minimum atomic E-state index is -1.10. The molecule has 2 aromatic heterocycles. The summed E-state index contributed by atoms with van der Waals surface area (Å²) in [6.45, 7) is 2.85. The molecule has 0 bridgehead atoms. The van der Waals surface area contributed by atoms with Gasteiger partial charge in [-0.1, -0.05) is 11.8 Å². The van der Waals surface area contributed by atoms with E-state index in [9.17, 15) is 14.0 Å². The molecule has 0 saturated carbocycles. The molecule has 4 rings (SSSR count).